The van der Waals surface area contributed by atoms with Crippen LogP contribution in [0.3, 0.4) is 0 Å². The number of rotatable bonds is 6. The van der Waals surface area contributed by atoms with E-state index in [1.165, 1.54) is 5.56 Å². The predicted octanol–water partition coefficient (Wildman–Crippen LogP) is 3.69. The summed E-state index contributed by atoms with van der Waals surface area (Å²) in [6.45, 7) is 2.31. The van der Waals surface area contributed by atoms with Crippen LogP contribution in [0.4, 0.5) is 0 Å². The molecule has 0 fully saturated rings. The number of aryl methyl sites for hydroxylation is 2. The Morgan fingerprint density at radius 2 is 1.74 bits per heavy atom. The third-order valence-electron chi connectivity index (χ3n) is 3.06. The van der Waals surface area contributed by atoms with E-state index in [0.29, 0.717) is 12.0 Å². The van der Waals surface area contributed by atoms with Gasteiger partial charge in [-0.2, -0.15) is 5.26 Å². The van der Waals surface area contributed by atoms with Gasteiger partial charge in [0.15, 0.2) is 0 Å². The van der Waals surface area contributed by atoms with Gasteiger partial charge in [0.2, 0.25) is 0 Å². The highest BCUT2D eigenvalue weighted by Crippen LogP contribution is 2.07. The minimum Gasteiger partial charge on any atom is -0.750 e. The largest absolute Gasteiger partial charge is 0.750 e. The highest BCUT2D eigenvalue weighted by molar-refractivity contribution is 7.74. The first kappa shape index (κ1) is 19.0. The molecular formula is C18H20NO3S-. The maximum Gasteiger partial charge on any atom is 0.0991 e. The Morgan fingerprint density at radius 3 is 2.22 bits per heavy atom. The number of hydrogen-bond acceptors (Lipinski definition) is 4. The van der Waals surface area contributed by atoms with Gasteiger partial charge >= 0.3 is 0 Å². The van der Waals surface area contributed by atoms with Crippen molar-refractivity contribution in [2.45, 2.75) is 26.2 Å². The molecule has 1 atom stereocenters. The Kier molecular flexibility index (Phi) is 9.57. The minimum absolute atomic E-state index is 0.229. The lowest BCUT2D eigenvalue weighted by Crippen LogP contribution is -1.98. The molecule has 0 aliphatic heterocycles. The summed E-state index contributed by atoms with van der Waals surface area (Å²) in [6, 6.07) is 19.7. The fraction of sp³-hybridized carbons (Fsp3) is 0.278. The first-order chi connectivity index (χ1) is 11.1. The maximum atomic E-state index is 10.1. The number of benzene rings is 2. The first-order valence-electron chi connectivity index (χ1n) is 7.35. The van der Waals surface area contributed by atoms with Crippen molar-refractivity contribution < 1.29 is 12.9 Å². The van der Waals surface area contributed by atoms with E-state index >= 15 is 0 Å². The molecular weight excluding hydrogens is 310 g/mol. The fourth-order valence-corrected chi connectivity index (χ4v) is 2.09. The molecule has 0 aromatic heterocycles. The number of nitrogens with zero attached hydrogens (tertiary/aromatic N) is 1. The molecule has 0 bridgehead atoms. The molecule has 122 valence electrons. The Bertz CT molecular complexity index is 621. The van der Waals surface area contributed by atoms with Crippen LogP contribution in [0.15, 0.2) is 54.6 Å². The quantitative estimate of drug-likeness (QED) is 0.598. The third-order valence-corrected chi connectivity index (χ3v) is 3.42. The van der Waals surface area contributed by atoms with E-state index in [0.717, 1.165) is 18.4 Å². The lowest BCUT2D eigenvalue weighted by atomic mass is 10.1. The van der Waals surface area contributed by atoms with Crippen LogP contribution in [-0.2, 0) is 22.0 Å². The van der Waals surface area contributed by atoms with Crippen molar-refractivity contribution in [2.75, 3.05) is 6.61 Å². The molecule has 0 spiro atoms. The van der Waals surface area contributed by atoms with Gasteiger partial charge in [0.05, 0.1) is 29.6 Å². The van der Waals surface area contributed by atoms with Crippen LogP contribution < -0.4 is 0 Å². The van der Waals surface area contributed by atoms with E-state index in [9.17, 15) is 8.76 Å². The number of unbranched alkanes of at least 4 members (excludes halogenated alkanes) is 1. The van der Waals surface area contributed by atoms with Crippen molar-refractivity contribution in [2.24, 2.45) is 0 Å². The van der Waals surface area contributed by atoms with Crippen LogP contribution in [0, 0.1) is 18.3 Å². The molecule has 0 saturated carbocycles. The molecule has 5 heteroatoms. The molecule has 2 rings (SSSR count). The Balaban J connectivity index is 0.000000313. The van der Waals surface area contributed by atoms with Gasteiger partial charge in [0, 0.05) is 0 Å². The van der Waals surface area contributed by atoms with Crippen molar-refractivity contribution in [3.8, 4) is 6.07 Å². The molecule has 0 aliphatic rings. The molecule has 0 heterocycles. The molecule has 23 heavy (non-hydrogen) atoms. The standard InChI is InChI=1S/C11H13NO3S.C7H8/c12-9-11-6-4-10(5-7-11)3-1-2-8-15-16(13)14;1-7-5-3-2-4-6-7/h4-7H,1-3,8H2,(H,13,14);2-6H,1H3/p-1. The van der Waals surface area contributed by atoms with Crippen LogP contribution in [0.25, 0.3) is 0 Å². The van der Waals surface area contributed by atoms with Gasteiger partial charge in [-0.05, 0) is 43.9 Å². The number of nitriles is 1. The predicted molar refractivity (Wildman–Crippen MR) is 90.1 cm³/mol. The zero-order chi connectivity index (χ0) is 16.9. The van der Waals surface area contributed by atoms with E-state index in [4.69, 9.17) is 5.26 Å². The van der Waals surface area contributed by atoms with Gasteiger partial charge in [0.25, 0.3) is 0 Å². The van der Waals surface area contributed by atoms with Gasteiger partial charge < -0.3 is 8.74 Å². The van der Waals surface area contributed by atoms with Crippen LogP contribution in [0.1, 0.15) is 29.5 Å². The second kappa shape index (κ2) is 11.6. The molecule has 0 aliphatic carbocycles. The summed E-state index contributed by atoms with van der Waals surface area (Å²) < 4.78 is 24.5. The van der Waals surface area contributed by atoms with Crippen molar-refractivity contribution in [1.82, 2.24) is 0 Å². The van der Waals surface area contributed by atoms with Crippen LogP contribution in [-0.4, -0.2) is 15.4 Å². The second-order valence-corrected chi connectivity index (χ2v) is 5.59. The summed E-state index contributed by atoms with van der Waals surface area (Å²) in [4.78, 5) is 0. The highest BCUT2D eigenvalue weighted by Gasteiger charge is 1.95. The fourth-order valence-electron chi connectivity index (χ4n) is 1.84. The summed E-state index contributed by atoms with van der Waals surface area (Å²) in [5, 5.41) is 8.60. The van der Waals surface area contributed by atoms with E-state index in [-0.39, 0.29) is 6.61 Å². The van der Waals surface area contributed by atoms with Crippen LogP contribution in [0.2, 0.25) is 0 Å². The summed E-state index contributed by atoms with van der Waals surface area (Å²) >= 11 is -2.40. The summed E-state index contributed by atoms with van der Waals surface area (Å²) in [5.74, 6) is 0. The van der Waals surface area contributed by atoms with Gasteiger partial charge in [-0.1, -0.05) is 48.0 Å². The van der Waals surface area contributed by atoms with Crippen molar-refractivity contribution in [1.29, 1.82) is 5.26 Å². The van der Waals surface area contributed by atoms with Crippen LogP contribution in [0.5, 0.6) is 0 Å². The second-order valence-electron chi connectivity index (χ2n) is 4.95. The highest BCUT2D eigenvalue weighted by atomic mass is 32.2. The van der Waals surface area contributed by atoms with Crippen molar-refractivity contribution in [3.63, 3.8) is 0 Å². The molecule has 2 aromatic carbocycles. The molecule has 0 N–H and O–H groups in total. The van der Waals surface area contributed by atoms with E-state index < -0.39 is 11.4 Å². The maximum absolute atomic E-state index is 10.1. The van der Waals surface area contributed by atoms with Crippen molar-refractivity contribution in [3.05, 3.63) is 71.3 Å². The summed E-state index contributed by atoms with van der Waals surface area (Å²) in [5.41, 5.74) is 3.11. The Hall–Kier alpha value is -2.00. The first-order valence-corrected chi connectivity index (χ1v) is 8.35. The van der Waals surface area contributed by atoms with Gasteiger partial charge in [-0.15, -0.1) is 0 Å². The van der Waals surface area contributed by atoms with E-state index in [1.54, 1.807) is 12.1 Å². The average Bonchev–Trinajstić information content (AvgIpc) is 2.56. The summed E-state index contributed by atoms with van der Waals surface area (Å²) in [7, 11) is 0. The SMILES string of the molecule is Cc1ccccc1.N#Cc1ccc(CCCCOS(=O)[O-])cc1. The van der Waals surface area contributed by atoms with Gasteiger partial charge in [0.1, 0.15) is 0 Å². The molecule has 0 amide bonds. The molecule has 4 nitrogen and oxygen atoms in total. The molecule has 1 unspecified atom stereocenters. The topological polar surface area (TPSA) is 73.1 Å². The van der Waals surface area contributed by atoms with Crippen molar-refractivity contribution >= 4 is 11.4 Å². The lowest BCUT2D eigenvalue weighted by Gasteiger charge is -2.05. The minimum atomic E-state index is -2.40. The molecule has 0 saturated heterocycles. The van der Waals surface area contributed by atoms with E-state index in [1.807, 2.05) is 30.3 Å². The van der Waals surface area contributed by atoms with Gasteiger partial charge in [-0.25, -0.2) is 4.21 Å². The third kappa shape index (κ3) is 9.59. The normalized spacial score (nSPS) is 11.0. The molecule has 2 aromatic rings. The average molecular weight is 330 g/mol. The molecule has 0 radical (unpaired) electrons. The number of hydrogen-bond donors (Lipinski definition) is 0. The smallest absolute Gasteiger partial charge is 0.0991 e. The zero-order valence-electron chi connectivity index (χ0n) is 13.1. The summed E-state index contributed by atoms with van der Waals surface area (Å²) in [6.07, 6.45) is 2.43. The Morgan fingerprint density at radius 1 is 1.09 bits per heavy atom. The monoisotopic (exact) mass is 330 g/mol. The Labute approximate surface area is 140 Å². The van der Waals surface area contributed by atoms with Gasteiger partial charge in [-0.3, -0.25) is 0 Å². The van der Waals surface area contributed by atoms with Crippen LogP contribution >= 0.6 is 0 Å². The lowest BCUT2D eigenvalue weighted by molar-refractivity contribution is 0.292. The van der Waals surface area contributed by atoms with E-state index in [2.05, 4.69) is 29.3 Å². The zero-order valence-corrected chi connectivity index (χ0v) is 13.9.